The lowest BCUT2D eigenvalue weighted by molar-refractivity contribution is 0.429. The molecule has 2 heterocycles. The van der Waals surface area contributed by atoms with Crippen LogP contribution in [0.1, 0.15) is 17.5 Å². The molecule has 0 saturated carbocycles. The van der Waals surface area contributed by atoms with Crippen LogP contribution in [0.4, 0.5) is 0 Å². The number of nitrogens with one attached hydrogen (secondary N) is 1. The molecule has 6 heteroatoms. The predicted octanol–water partition coefficient (Wildman–Crippen LogP) is 1.09. The van der Waals surface area contributed by atoms with Crippen molar-refractivity contribution >= 4 is 16.1 Å². The summed E-state index contributed by atoms with van der Waals surface area (Å²) in [5.74, 6) is 0. The Morgan fingerprint density at radius 1 is 1.19 bits per heavy atom. The van der Waals surface area contributed by atoms with Crippen LogP contribution in [0.5, 0.6) is 0 Å². The Kier molecular flexibility index (Phi) is 4.01. The summed E-state index contributed by atoms with van der Waals surface area (Å²) in [6.07, 6.45) is 4.69. The van der Waals surface area contributed by atoms with Crippen molar-refractivity contribution in [3.8, 4) is 0 Å². The molecule has 3 rings (SSSR count). The zero-order chi connectivity index (χ0) is 14.9. The van der Waals surface area contributed by atoms with Crippen molar-refractivity contribution in [3.63, 3.8) is 0 Å². The van der Waals surface area contributed by atoms with Crippen LogP contribution in [0.3, 0.4) is 0 Å². The first kappa shape index (κ1) is 14.6. The van der Waals surface area contributed by atoms with Gasteiger partial charge in [-0.1, -0.05) is 12.1 Å². The van der Waals surface area contributed by atoms with Gasteiger partial charge in [0.25, 0.3) is 0 Å². The number of rotatable bonds is 2. The largest absolute Gasteiger partial charge is 0.376 e. The van der Waals surface area contributed by atoms with E-state index < -0.39 is 10.0 Å². The average molecular weight is 307 g/mol. The fourth-order valence-electron chi connectivity index (χ4n) is 2.87. The van der Waals surface area contributed by atoms with Crippen LogP contribution in [0.2, 0.25) is 0 Å². The average Bonchev–Trinajstić information content (AvgIpc) is 2.75. The monoisotopic (exact) mass is 307 g/mol. The summed E-state index contributed by atoms with van der Waals surface area (Å²) in [6.45, 7) is 3.46. The first-order valence-corrected chi connectivity index (χ1v) is 8.74. The van der Waals surface area contributed by atoms with Crippen LogP contribution < -0.4 is 5.32 Å². The molecular formula is C15H21N3O2S. The van der Waals surface area contributed by atoms with Crippen molar-refractivity contribution in [1.82, 2.24) is 14.5 Å². The molecule has 1 N–H and O–H groups in total. The van der Waals surface area contributed by atoms with E-state index in [-0.39, 0.29) is 0 Å². The van der Waals surface area contributed by atoms with Gasteiger partial charge >= 0.3 is 0 Å². The molecule has 0 amide bonds. The third-order valence-corrected chi connectivity index (χ3v) is 5.95. The van der Waals surface area contributed by atoms with E-state index in [9.17, 15) is 8.42 Å². The third-order valence-electron chi connectivity index (χ3n) is 3.99. The molecular weight excluding hydrogens is 286 g/mol. The molecule has 0 spiro atoms. The molecule has 0 unspecified atom stereocenters. The summed E-state index contributed by atoms with van der Waals surface area (Å²) in [4.78, 5) is 2.49. The fraction of sp³-hybridized carbons (Fsp3) is 0.467. The maximum atomic E-state index is 12.9. The highest BCUT2D eigenvalue weighted by Gasteiger charge is 2.28. The topological polar surface area (TPSA) is 52.7 Å². The van der Waals surface area contributed by atoms with E-state index in [1.54, 1.807) is 10.4 Å². The lowest BCUT2D eigenvalue weighted by Crippen LogP contribution is -2.35. The number of nitrogens with zero attached hydrogens (tertiary/aromatic N) is 2. The van der Waals surface area contributed by atoms with E-state index in [1.807, 2.05) is 31.5 Å². The molecule has 1 aromatic carbocycles. The normalized spacial score (nSPS) is 20.1. The SMILES string of the molecule is CN1C=Cc2c(cccc2S(=O)(=O)N2CCCNCC2)C1. The Balaban J connectivity index is 2.01. The summed E-state index contributed by atoms with van der Waals surface area (Å²) in [5.41, 5.74) is 1.90. The smallest absolute Gasteiger partial charge is 0.243 e. The lowest BCUT2D eigenvalue weighted by atomic mass is 10.0. The van der Waals surface area contributed by atoms with E-state index >= 15 is 0 Å². The van der Waals surface area contributed by atoms with Crippen molar-refractivity contribution in [2.24, 2.45) is 0 Å². The van der Waals surface area contributed by atoms with Crippen LogP contribution in [0.25, 0.3) is 6.08 Å². The first-order valence-electron chi connectivity index (χ1n) is 7.30. The van der Waals surface area contributed by atoms with Crippen LogP contribution in [0.15, 0.2) is 29.3 Å². The Bertz CT molecular complexity index is 647. The van der Waals surface area contributed by atoms with E-state index in [0.29, 0.717) is 24.5 Å². The highest BCUT2D eigenvalue weighted by Crippen LogP contribution is 2.28. The van der Waals surface area contributed by atoms with Gasteiger partial charge in [0.2, 0.25) is 10.0 Å². The van der Waals surface area contributed by atoms with Gasteiger partial charge in [-0.25, -0.2) is 8.42 Å². The van der Waals surface area contributed by atoms with Crippen molar-refractivity contribution in [2.75, 3.05) is 33.2 Å². The van der Waals surface area contributed by atoms with Gasteiger partial charge in [0.15, 0.2) is 0 Å². The molecule has 1 aromatic rings. The van der Waals surface area contributed by atoms with Gasteiger partial charge in [-0.2, -0.15) is 4.31 Å². The van der Waals surface area contributed by atoms with Gasteiger partial charge in [-0.05, 0) is 36.9 Å². The molecule has 2 aliphatic heterocycles. The molecule has 1 saturated heterocycles. The second-order valence-corrected chi connectivity index (χ2v) is 7.47. The molecule has 0 atom stereocenters. The first-order chi connectivity index (χ1) is 10.1. The Morgan fingerprint density at radius 3 is 2.90 bits per heavy atom. The number of hydrogen-bond donors (Lipinski definition) is 1. The lowest BCUT2D eigenvalue weighted by Gasteiger charge is -2.25. The van der Waals surface area contributed by atoms with Crippen LogP contribution in [0, 0.1) is 0 Å². The molecule has 0 aliphatic carbocycles. The Hall–Kier alpha value is -1.37. The van der Waals surface area contributed by atoms with Crippen molar-refractivity contribution in [1.29, 1.82) is 0 Å². The molecule has 1 fully saturated rings. The minimum atomic E-state index is -3.42. The maximum Gasteiger partial charge on any atom is 0.243 e. The van der Waals surface area contributed by atoms with E-state index in [1.165, 1.54) is 0 Å². The molecule has 0 radical (unpaired) electrons. The minimum Gasteiger partial charge on any atom is -0.376 e. The standard InChI is InChI=1S/C15H21N3O2S/c1-17-10-6-14-13(12-17)4-2-5-15(14)21(19,20)18-9-3-7-16-8-11-18/h2,4-6,10,16H,3,7-9,11-12H2,1H3. The van der Waals surface area contributed by atoms with Gasteiger partial charge < -0.3 is 10.2 Å². The zero-order valence-corrected chi connectivity index (χ0v) is 13.1. The fourth-order valence-corrected chi connectivity index (χ4v) is 4.57. The quantitative estimate of drug-likeness (QED) is 0.888. The summed E-state index contributed by atoms with van der Waals surface area (Å²) in [5, 5.41) is 3.24. The molecule has 21 heavy (non-hydrogen) atoms. The van der Waals surface area contributed by atoms with E-state index in [0.717, 1.165) is 30.6 Å². The maximum absolute atomic E-state index is 12.9. The summed E-state index contributed by atoms with van der Waals surface area (Å²) >= 11 is 0. The zero-order valence-electron chi connectivity index (χ0n) is 12.2. The minimum absolute atomic E-state index is 0.436. The predicted molar refractivity (Wildman–Crippen MR) is 83.2 cm³/mol. The van der Waals surface area contributed by atoms with Gasteiger partial charge in [0, 0.05) is 38.8 Å². The highest BCUT2D eigenvalue weighted by molar-refractivity contribution is 7.89. The Labute approximate surface area is 126 Å². The van der Waals surface area contributed by atoms with Crippen molar-refractivity contribution in [2.45, 2.75) is 17.9 Å². The van der Waals surface area contributed by atoms with Crippen LogP contribution in [-0.2, 0) is 16.6 Å². The van der Waals surface area contributed by atoms with Crippen molar-refractivity contribution in [3.05, 3.63) is 35.5 Å². The molecule has 0 aromatic heterocycles. The summed E-state index contributed by atoms with van der Waals surface area (Å²) < 4.78 is 27.5. The molecule has 2 aliphatic rings. The number of hydrogen-bond acceptors (Lipinski definition) is 4. The molecule has 0 bridgehead atoms. The number of sulfonamides is 1. The van der Waals surface area contributed by atoms with Gasteiger partial charge in [-0.3, -0.25) is 0 Å². The third kappa shape index (κ3) is 2.84. The van der Waals surface area contributed by atoms with Crippen molar-refractivity contribution < 1.29 is 8.42 Å². The van der Waals surface area contributed by atoms with Crippen LogP contribution in [-0.4, -0.2) is 50.8 Å². The van der Waals surface area contributed by atoms with Crippen LogP contribution >= 0.6 is 0 Å². The summed E-state index contributed by atoms with van der Waals surface area (Å²) in [6, 6.07) is 5.56. The van der Waals surface area contributed by atoms with Gasteiger partial charge in [0.05, 0.1) is 4.90 Å². The number of fused-ring (bicyclic) bond motifs is 1. The molecule has 5 nitrogen and oxygen atoms in total. The van der Waals surface area contributed by atoms with Gasteiger partial charge in [-0.15, -0.1) is 0 Å². The number of benzene rings is 1. The Morgan fingerprint density at radius 2 is 2.05 bits per heavy atom. The highest BCUT2D eigenvalue weighted by atomic mass is 32.2. The second kappa shape index (κ2) is 5.79. The second-order valence-electron chi connectivity index (χ2n) is 5.57. The molecule has 114 valence electrons. The van der Waals surface area contributed by atoms with Gasteiger partial charge in [0.1, 0.15) is 0 Å². The summed E-state index contributed by atoms with van der Waals surface area (Å²) in [7, 11) is -1.43. The van der Waals surface area contributed by atoms with E-state index in [2.05, 4.69) is 10.2 Å². The van der Waals surface area contributed by atoms with E-state index in [4.69, 9.17) is 0 Å².